The second kappa shape index (κ2) is 5.77. The first kappa shape index (κ1) is 15.1. The Morgan fingerprint density at radius 2 is 2.17 bits per heavy atom. The lowest BCUT2D eigenvalue weighted by molar-refractivity contribution is -0.119. The van der Waals surface area contributed by atoms with E-state index in [4.69, 9.17) is 5.14 Å². The molecule has 0 radical (unpaired) electrons. The summed E-state index contributed by atoms with van der Waals surface area (Å²) in [4.78, 5) is 15.7. The molecule has 0 bridgehead atoms. The lowest BCUT2D eigenvalue weighted by Gasteiger charge is -2.08. The highest BCUT2D eigenvalue weighted by Crippen LogP contribution is 2.26. The minimum absolute atomic E-state index is 0.0130. The molecule has 0 aliphatic heterocycles. The van der Waals surface area contributed by atoms with Crippen LogP contribution in [0.3, 0.4) is 0 Å². The number of thiazole rings is 1. The molecule has 1 amide bonds. The van der Waals surface area contributed by atoms with E-state index in [0.717, 1.165) is 24.2 Å². The quantitative estimate of drug-likeness (QED) is 0.857. The first-order chi connectivity index (χ1) is 8.25. The lowest BCUT2D eigenvalue weighted by atomic mass is 10.1. The largest absolute Gasteiger partial charge is 0.302 e. The van der Waals surface area contributed by atoms with Crippen molar-refractivity contribution in [3.05, 3.63) is 5.69 Å². The summed E-state index contributed by atoms with van der Waals surface area (Å²) in [6, 6.07) is 0. The SMILES string of the molecule is CCCC(C)C(=O)Nc1nc(C)c(S(N)(=O)=O)s1. The number of carbonyl (C=O) groups is 1. The van der Waals surface area contributed by atoms with Gasteiger partial charge in [-0.3, -0.25) is 4.79 Å². The highest BCUT2D eigenvalue weighted by atomic mass is 32.2. The van der Waals surface area contributed by atoms with Crippen molar-refractivity contribution in [2.24, 2.45) is 11.1 Å². The monoisotopic (exact) mass is 291 g/mol. The number of aromatic nitrogens is 1. The first-order valence-electron chi connectivity index (χ1n) is 5.56. The summed E-state index contributed by atoms with van der Waals surface area (Å²) in [6.07, 6.45) is 1.69. The smallest absolute Gasteiger partial charge is 0.249 e. The Morgan fingerprint density at radius 1 is 1.56 bits per heavy atom. The summed E-state index contributed by atoms with van der Waals surface area (Å²) in [5.74, 6) is -0.288. The van der Waals surface area contributed by atoms with Crippen molar-refractivity contribution < 1.29 is 13.2 Å². The molecule has 8 heteroatoms. The number of rotatable bonds is 5. The van der Waals surface area contributed by atoms with Crippen LogP contribution >= 0.6 is 11.3 Å². The zero-order valence-electron chi connectivity index (χ0n) is 10.6. The van der Waals surface area contributed by atoms with Crippen molar-refractivity contribution >= 4 is 32.4 Å². The molecule has 1 aromatic rings. The van der Waals surface area contributed by atoms with Crippen LogP contribution in [-0.4, -0.2) is 19.3 Å². The molecule has 0 aliphatic carbocycles. The van der Waals surface area contributed by atoms with Crippen molar-refractivity contribution in [1.29, 1.82) is 0 Å². The molecule has 6 nitrogen and oxygen atoms in total. The van der Waals surface area contributed by atoms with Gasteiger partial charge in [-0.05, 0) is 13.3 Å². The van der Waals surface area contributed by atoms with Crippen LogP contribution in [0.25, 0.3) is 0 Å². The zero-order chi connectivity index (χ0) is 13.9. The minimum Gasteiger partial charge on any atom is -0.302 e. The maximum absolute atomic E-state index is 11.7. The van der Waals surface area contributed by atoms with Crippen LogP contribution in [0.15, 0.2) is 4.21 Å². The molecule has 0 aromatic carbocycles. The van der Waals surface area contributed by atoms with Crippen LogP contribution in [0.4, 0.5) is 5.13 Å². The van der Waals surface area contributed by atoms with Crippen molar-refractivity contribution in [3.63, 3.8) is 0 Å². The summed E-state index contributed by atoms with van der Waals surface area (Å²) < 4.78 is 22.4. The van der Waals surface area contributed by atoms with Crippen LogP contribution in [0.2, 0.25) is 0 Å². The van der Waals surface area contributed by atoms with Gasteiger partial charge in [-0.2, -0.15) is 0 Å². The average molecular weight is 291 g/mol. The normalized spacial score (nSPS) is 13.3. The van der Waals surface area contributed by atoms with Crippen molar-refractivity contribution in [1.82, 2.24) is 4.98 Å². The molecule has 1 atom stereocenters. The van der Waals surface area contributed by atoms with E-state index in [1.54, 1.807) is 6.92 Å². The van der Waals surface area contributed by atoms with Crippen molar-refractivity contribution in [2.45, 2.75) is 37.8 Å². The summed E-state index contributed by atoms with van der Waals surface area (Å²) in [5, 5.41) is 7.92. The van der Waals surface area contributed by atoms with Gasteiger partial charge in [0.2, 0.25) is 15.9 Å². The fourth-order valence-electron chi connectivity index (χ4n) is 1.49. The maximum Gasteiger partial charge on any atom is 0.249 e. The van der Waals surface area contributed by atoms with Crippen LogP contribution in [0.1, 0.15) is 32.4 Å². The van der Waals surface area contributed by atoms with E-state index >= 15 is 0 Å². The van der Waals surface area contributed by atoms with Gasteiger partial charge in [-0.1, -0.05) is 31.6 Å². The van der Waals surface area contributed by atoms with Gasteiger partial charge in [0.25, 0.3) is 0 Å². The number of sulfonamides is 1. The Hall–Kier alpha value is -0.990. The average Bonchev–Trinajstić information content (AvgIpc) is 2.59. The van der Waals surface area contributed by atoms with Gasteiger partial charge < -0.3 is 5.32 Å². The fourth-order valence-corrected chi connectivity index (χ4v) is 3.35. The van der Waals surface area contributed by atoms with Crippen LogP contribution in [0.5, 0.6) is 0 Å². The third-order valence-electron chi connectivity index (χ3n) is 2.41. The number of carbonyl (C=O) groups excluding carboxylic acids is 1. The molecule has 3 N–H and O–H groups in total. The van der Waals surface area contributed by atoms with E-state index in [2.05, 4.69) is 10.3 Å². The van der Waals surface area contributed by atoms with Crippen LogP contribution in [0, 0.1) is 12.8 Å². The fraction of sp³-hybridized carbons (Fsp3) is 0.600. The van der Waals surface area contributed by atoms with Crippen molar-refractivity contribution in [2.75, 3.05) is 5.32 Å². The van der Waals surface area contributed by atoms with Gasteiger partial charge in [0.1, 0.15) is 0 Å². The third kappa shape index (κ3) is 3.76. The molecule has 1 rings (SSSR count). The number of nitrogens with one attached hydrogen (secondary N) is 1. The number of aryl methyl sites for hydroxylation is 1. The molecule has 1 aromatic heterocycles. The molecule has 1 unspecified atom stereocenters. The molecular weight excluding hydrogens is 274 g/mol. The molecule has 0 aliphatic rings. The second-order valence-electron chi connectivity index (χ2n) is 4.12. The maximum atomic E-state index is 11.7. The highest BCUT2D eigenvalue weighted by molar-refractivity contribution is 7.91. The van der Waals surface area contributed by atoms with E-state index in [-0.39, 0.29) is 21.2 Å². The van der Waals surface area contributed by atoms with Gasteiger partial charge >= 0.3 is 0 Å². The van der Waals surface area contributed by atoms with E-state index in [0.29, 0.717) is 5.69 Å². The molecule has 0 spiro atoms. The van der Waals surface area contributed by atoms with Gasteiger partial charge in [-0.15, -0.1) is 0 Å². The number of amides is 1. The summed E-state index contributed by atoms with van der Waals surface area (Å²) in [7, 11) is -3.77. The Bertz CT molecular complexity index is 537. The summed E-state index contributed by atoms with van der Waals surface area (Å²) in [5.41, 5.74) is 0.306. The minimum atomic E-state index is -3.77. The molecule has 0 saturated heterocycles. The van der Waals surface area contributed by atoms with E-state index in [1.165, 1.54) is 0 Å². The number of hydrogen-bond donors (Lipinski definition) is 2. The third-order valence-corrected chi connectivity index (χ3v) is 5.04. The molecule has 1 heterocycles. The Balaban J connectivity index is 2.85. The zero-order valence-corrected chi connectivity index (χ0v) is 12.2. The van der Waals surface area contributed by atoms with Gasteiger partial charge in [-0.25, -0.2) is 18.5 Å². The van der Waals surface area contributed by atoms with Gasteiger partial charge in [0.05, 0.1) is 5.69 Å². The van der Waals surface area contributed by atoms with Crippen molar-refractivity contribution in [3.8, 4) is 0 Å². The van der Waals surface area contributed by atoms with Crippen LogP contribution in [-0.2, 0) is 14.8 Å². The molecule has 18 heavy (non-hydrogen) atoms. The second-order valence-corrected chi connectivity index (χ2v) is 6.87. The van der Waals surface area contributed by atoms with E-state index in [9.17, 15) is 13.2 Å². The number of hydrogen-bond acceptors (Lipinski definition) is 5. The molecule has 0 fully saturated rings. The Morgan fingerprint density at radius 3 is 2.61 bits per heavy atom. The molecule has 102 valence electrons. The molecular formula is C10H17N3O3S2. The standard InChI is InChI=1S/C10H17N3O3S2/c1-4-5-6(2)8(14)13-10-12-7(3)9(17-10)18(11,15)16/h6H,4-5H2,1-3H3,(H2,11,15,16)(H,12,13,14). The highest BCUT2D eigenvalue weighted by Gasteiger charge is 2.20. The Kier molecular flexibility index (Phi) is 4.83. The van der Waals surface area contributed by atoms with Crippen LogP contribution < -0.4 is 10.5 Å². The number of primary sulfonamides is 1. The lowest BCUT2D eigenvalue weighted by Crippen LogP contribution is -2.20. The number of anilines is 1. The molecule has 0 saturated carbocycles. The summed E-state index contributed by atoms with van der Waals surface area (Å²) >= 11 is 0.874. The number of nitrogens with zero attached hydrogens (tertiary/aromatic N) is 1. The Labute approximate surface area is 111 Å². The first-order valence-corrected chi connectivity index (χ1v) is 7.93. The van der Waals surface area contributed by atoms with E-state index < -0.39 is 10.0 Å². The van der Waals surface area contributed by atoms with Gasteiger partial charge in [0, 0.05) is 5.92 Å². The predicted octanol–water partition coefficient (Wildman–Crippen LogP) is 1.47. The predicted molar refractivity (Wildman–Crippen MR) is 70.9 cm³/mol. The van der Waals surface area contributed by atoms with Gasteiger partial charge in [0.15, 0.2) is 9.34 Å². The van der Waals surface area contributed by atoms with E-state index in [1.807, 2.05) is 13.8 Å². The topological polar surface area (TPSA) is 102 Å². The summed E-state index contributed by atoms with van der Waals surface area (Å²) in [6.45, 7) is 5.36. The number of nitrogens with two attached hydrogens (primary N) is 1.